The zero-order chi connectivity index (χ0) is 8.97. The van der Waals surface area contributed by atoms with Crippen LogP contribution in [0.5, 0.6) is 0 Å². The maximum absolute atomic E-state index is 3.36. The minimum absolute atomic E-state index is 0.593. The van der Waals surface area contributed by atoms with Crippen LogP contribution in [0.25, 0.3) is 0 Å². The van der Waals surface area contributed by atoms with Crippen LogP contribution < -0.4 is 5.32 Å². The van der Waals surface area contributed by atoms with Crippen molar-refractivity contribution in [3.63, 3.8) is 0 Å². The fourth-order valence-electron chi connectivity index (χ4n) is 1.84. The molecule has 1 aliphatic rings. The van der Waals surface area contributed by atoms with Gasteiger partial charge in [0.15, 0.2) is 0 Å². The Morgan fingerprint density at radius 3 is 3.00 bits per heavy atom. The van der Waals surface area contributed by atoms with Gasteiger partial charge in [-0.25, -0.2) is 0 Å². The Balaban J connectivity index is 2.80. The van der Waals surface area contributed by atoms with Crippen molar-refractivity contribution in [1.29, 1.82) is 0 Å². The molecule has 0 heterocycles. The molecule has 0 aliphatic heterocycles. The third kappa shape index (κ3) is 1.98. The van der Waals surface area contributed by atoms with E-state index >= 15 is 0 Å². The summed E-state index contributed by atoms with van der Waals surface area (Å²) in [7, 11) is 2.05. The molecule has 0 aromatic carbocycles. The molecule has 0 saturated heterocycles. The molecule has 0 fully saturated rings. The lowest BCUT2D eigenvalue weighted by molar-refractivity contribution is 0.579. The first-order valence-electron chi connectivity index (χ1n) is 4.84. The molecular formula is C11H19N. The summed E-state index contributed by atoms with van der Waals surface area (Å²) in [5.74, 6) is 0. The SMILES string of the molecule is CC/C=C1/C(C)=CCCC1NC. The molecule has 1 N–H and O–H groups in total. The molecule has 1 unspecified atom stereocenters. The summed E-state index contributed by atoms with van der Waals surface area (Å²) in [6, 6.07) is 0.593. The van der Waals surface area contributed by atoms with Crippen LogP contribution in [0.4, 0.5) is 0 Å². The van der Waals surface area contributed by atoms with Crippen LogP contribution in [0, 0.1) is 0 Å². The number of rotatable bonds is 2. The highest BCUT2D eigenvalue weighted by atomic mass is 14.9. The number of hydrogen-bond acceptors (Lipinski definition) is 1. The smallest absolute Gasteiger partial charge is 0.0319 e. The number of allylic oxidation sites excluding steroid dienone is 2. The van der Waals surface area contributed by atoms with Crippen molar-refractivity contribution < 1.29 is 0 Å². The molecule has 0 amide bonds. The molecule has 0 aromatic rings. The number of nitrogens with one attached hydrogen (secondary N) is 1. The zero-order valence-electron chi connectivity index (χ0n) is 8.35. The zero-order valence-corrected chi connectivity index (χ0v) is 8.35. The van der Waals surface area contributed by atoms with Gasteiger partial charge >= 0.3 is 0 Å². The van der Waals surface area contributed by atoms with Crippen molar-refractivity contribution in [3.05, 3.63) is 23.3 Å². The monoisotopic (exact) mass is 165 g/mol. The first-order chi connectivity index (χ1) is 5.79. The predicted molar refractivity (Wildman–Crippen MR) is 54.2 cm³/mol. The summed E-state index contributed by atoms with van der Waals surface area (Å²) in [4.78, 5) is 0. The molecule has 1 heteroatoms. The number of likely N-dealkylation sites (N-methyl/N-ethyl adjacent to an activating group) is 1. The second-order valence-corrected chi connectivity index (χ2v) is 3.37. The van der Waals surface area contributed by atoms with E-state index in [4.69, 9.17) is 0 Å². The van der Waals surface area contributed by atoms with Crippen LogP contribution in [0.3, 0.4) is 0 Å². The van der Waals surface area contributed by atoms with Gasteiger partial charge in [0.1, 0.15) is 0 Å². The maximum atomic E-state index is 3.36. The molecule has 0 aromatic heterocycles. The fourth-order valence-corrected chi connectivity index (χ4v) is 1.84. The summed E-state index contributed by atoms with van der Waals surface area (Å²) in [6.07, 6.45) is 8.29. The third-order valence-corrected chi connectivity index (χ3v) is 2.51. The highest BCUT2D eigenvalue weighted by molar-refractivity contribution is 5.36. The Morgan fingerprint density at radius 1 is 1.67 bits per heavy atom. The van der Waals surface area contributed by atoms with Gasteiger partial charge in [0.05, 0.1) is 0 Å². The third-order valence-electron chi connectivity index (χ3n) is 2.51. The molecule has 1 atom stereocenters. The lowest BCUT2D eigenvalue weighted by atomic mass is 9.89. The van der Waals surface area contributed by atoms with Crippen LogP contribution in [0.2, 0.25) is 0 Å². The van der Waals surface area contributed by atoms with Crippen molar-refractivity contribution >= 4 is 0 Å². The summed E-state index contributed by atoms with van der Waals surface area (Å²) in [5.41, 5.74) is 2.97. The van der Waals surface area contributed by atoms with Gasteiger partial charge in [-0.15, -0.1) is 0 Å². The topological polar surface area (TPSA) is 12.0 Å². The van der Waals surface area contributed by atoms with E-state index in [-0.39, 0.29) is 0 Å². The van der Waals surface area contributed by atoms with E-state index < -0.39 is 0 Å². The minimum atomic E-state index is 0.593. The lowest BCUT2D eigenvalue weighted by Gasteiger charge is -2.24. The van der Waals surface area contributed by atoms with E-state index in [9.17, 15) is 0 Å². The van der Waals surface area contributed by atoms with Gasteiger partial charge in [0, 0.05) is 6.04 Å². The molecule has 68 valence electrons. The van der Waals surface area contributed by atoms with Crippen LogP contribution in [0.15, 0.2) is 23.3 Å². The van der Waals surface area contributed by atoms with Gasteiger partial charge < -0.3 is 5.32 Å². The van der Waals surface area contributed by atoms with Gasteiger partial charge in [0.2, 0.25) is 0 Å². The van der Waals surface area contributed by atoms with Gasteiger partial charge in [-0.05, 0) is 38.8 Å². The van der Waals surface area contributed by atoms with Gasteiger partial charge in [-0.2, -0.15) is 0 Å². The Morgan fingerprint density at radius 2 is 2.42 bits per heavy atom. The van der Waals surface area contributed by atoms with Crippen LogP contribution in [-0.2, 0) is 0 Å². The van der Waals surface area contributed by atoms with E-state index in [1.807, 2.05) is 7.05 Å². The van der Waals surface area contributed by atoms with Crippen molar-refractivity contribution in [1.82, 2.24) is 5.32 Å². The van der Waals surface area contributed by atoms with Gasteiger partial charge in [0.25, 0.3) is 0 Å². The molecule has 0 bridgehead atoms. The average Bonchev–Trinajstić information content (AvgIpc) is 2.09. The summed E-state index contributed by atoms with van der Waals surface area (Å²) in [5, 5.41) is 3.36. The highest BCUT2D eigenvalue weighted by Crippen LogP contribution is 2.24. The Bertz CT molecular complexity index is 201. The lowest BCUT2D eigenvalue weighted by Crippen LogP contribution is -2.29. The highest BCUT2D eigenvalue weighted by Gasteiger charge is 2.16. The normalized spacial score (nSPS) is 27.4. The molecule has 0 spiro atoms. The van der Waals surface area contributed by atoms with Crippen LogP contribution in [-0.4, -0.2) is 13.1 Å². The summed E-state index contributed by atoms with van der Waals surface area (Å²) in [6.45, 7) is 4.41. The molecule has 1 aliphatic carbocycles. The first kappa shape index (κ1) is 9.53. The minimum Gasteiger partial charge on any atom is -0.313 e. The van der Waals surface area contributed by atoms with Crippen molar-refractivity contribution in [2.75, 3.05) is 7.05 Å². The summed E-state index contributed by atoms with van der Waals surface area (Å²) >= 11 is 0. The van der Waals surface area contributed by atoms with Gasteiger partial charge in [-0.3, -0.25) is 0 Å². The average molecular weight is 165 g/mol. The second kappa shape index (κ2) is 4.46. The molecule has 0 radical (unpaired) electrons. The summed E-state index contributed by atoms with van der Waals surface area (Å²) < 4.78 is 0. The van der Waals surface area contributed by atoms with Crippen molar-refractivity contribution in [2.24, 2.45) is 0 Å². The van der Waals surface area contributed by atoms with E-state index in [1.54, 1.807) is 0 Å². The molecule has 1 rings (SSSR count). The largest absolute Gasteiger partial charge is 0.313 e. The Hall–Kier alpha value is -0.560. The Kier molecular flexibility index (Phi) is 3.54. The van der Waals surface area contributed by atoms with Crippen molar-refractivity contribution in [3.8, 4) is 0 Å². The second-order valence-electron chi connectivity index (χ2n) is 3.37. The Labute approximate surface area is 75.6 Å². The first-order valence-corrected chi connectivity index (χ1v) is 4.84. The number of hydrogen-bond donors (Lipinski definition) is 1. The van der Waals surface area contributed by atoms with E-state index in [0.717, 1.165) is 6.42 Å². The van der Waals surface area contributed by atoms with Gasteiger partial charge in [-0.1, -0.05) is 24.6 Å². The van der Waals surface area contributed by atoms with E-state index in [1.165, 1.54) is 24.0 Å². The van der Waals surface area contributed by atoms with Crippen molar-refractivity contribution in [2.45, 2.75) is 39.2 Å². The quantitative estimate of drug-likeness (QED) is 0.663. The molecular weight excluding hydrogens is 146 g/mol. The predicted octanol–water partition coefficient (Wildman–Crippen LogP) is 2.65. The standard InChI is InChI=1S/C11H19N/c1-4-6-10-9(2)7-5-8-11(10)12-3/h6-7,11-12H,4-5,8H2,1-3H3/b10-6-. The van der Waals surface area contributed by atoms with E-state index in [2.05, 4.69) is 31.3 Å². The molecule has 1 nitrogen and oxygen atoms in total. The fraction of sp³-hybridized carbons (Fsp3) is 0.636. The van der Waals surface area contributed by atoms with Crippen LogP contribution in [0.1, 0.15) is 33.1 Å². The molecule has 12 heavy (non-hydrogen) atoms. The maximum Gasteiger partial charge on any atom is 0.0319 e. The van der Waals surface area contributed by atoms with Crippen LogP contribution >= 0.6 is 0 Å². The molecule has 0 saturated carbocycles. The van der Waals surface area contributed by atoms with E-state index in [0.29, 0.717) is 6.04 Å².